The predicted octanol–water partition coefficient (Wildman–Crippen LogP) is 3.80. The largest absolute Gasteiger partial charge is 0.356 e. The average Bonchev–Trinajstić information content (AvgIpc) is 2.55. The number of carbonyl (C=O) groups is 1. The van der Waals surface area contributed by atoms with Gasteiger partial charge in [-0.25, -0.2) is 4.39 Å². The van der Waals surface area contributed by atoms with Crippen molar-refractivity contribution in [2.75, 3.05) is 13.1 Å². The van der Waals surface area contributed by atoms with Gasteiger partial charge in [0, 0.05) is 24.4 Å². The zero-order valence-corrected chi connectivity index (χ0v) is 15.5. The van der Waals surface area contributed by atoms with Crippen molar-refractivity contribution >= 4 is 17.5 Å². The van der Waals surface area contributed by atoms with Gasteiger partial charge in [0.25, 0.3) is 0 Å². The fourth-order valence-corrected chi connectivity index (χ4v) is 4.47. The maximum Gasteiger partial charge on any atom is 0.221 e. The van der Waals surface area contributed by atoms with Gasteiger partial charge in [0.2, 0.25) is 5.91 Å². The molecule has 2 N–H and O–H groups in total. The zero-order chi connectivity index (χ0) is 17.9. The summed E-state index contributed by atoms with van der Waals surface area (Å²) < 4.78 is 13.1. The van der Waals surface area contributed by atoms with Crippen molar-refractivity contribution in [3.63, 3.8) is 0 Å². The number of nitrogens with zero attached hydrogens (tertiary/aromatic N) is 1. The van der Waals surface area contributed by atoms with E-state index in [2.05, 4.69) is 22.5 Å². The van der Waals surface area contributed by atoms with Crippen molar-refractivity contribution in [3.05, 3.63) is 28.8 Å². The van der Waals surface area contributed by atoms with Crippen molar-refractivity contribution in [1.82, 2.24) is 15.6 Å². The molecule has 0 bridgehead atoms. The zero-order valence-electron chi connectivity index (χ0n) is 14.8. The third-order valence-corrected chi connectivity index (χ3v) is 6.03. The molecule has 1 aliphatic carbocycles. The second-order valence-corrected chi connectivity index (χ2v) is 8.20. The molecule has 138 valence electrons. The van der Waals surface area contributed by atoms with E-state index in [-0.39, 0.29) is 17.3 Å². The summed E-state index contributed by atoms with van der Waals surface area (Å²) in [5.74, 6) is 0.810. The molecular weight excluding hydrogens is 341 g/mol. The number of halogens is 2. The molecule has 1 saturated carbocycles. The highest BCUT2D eigenvalue weighted by Crippen LogP contribution is 2.38. The van der Waals surface area contributed by atoms with E-state index >= 15 is 0 Å². The summed E-state index contributed by atoms with van der Waals surface area (Å²) in [5, 5.41) is 6.94. The number of piperidine rings is 1. The van der Waals surface area contributed by atoms with Crippen LogP contribution in [0.5, 0.6) is 0 Å². The molecule has 2 fully saturated rings. The maximum absolute atomic E-state index is 13.1. The molecule has 6 heteroatoms. The highest BCUT2D eigenvalue weighted by molar-refractivity contribution is 6.31. The van der Waals surface area contributed by atoms with E-state index in [4.69, 9.17) is 11.6 Å². The number of pyridine rings is 1. The molecule has 1 aromatic heterocycles. The van der Waals surface area contributed by atoms with E-state index < -0.39 is 0 Å². The summed E-state index contributed by atoms with van der Waals surface area (Å²) in [5.41, 5.74) is 0.783. The Morgan fingerprint density at radius 2 is 2.16 bits per heavy atom. The Bertz CT molecular complexity index is 619. The van der Waals surface area contributed by atoms with Gasteiger partial charge in [0.1, 0.15) is 5.82 Å². The van der Waals surface area contributed by atoms with Gasteiger partial charge in [-0.2, -0.15) is 0 Å². The Hall–Kier alpha value is -1.20. The Morgan fingerprint density at radius 1 is 1.40 bits per heavy atom. The number of aromatic nitrogens is 1. The number of hydrogen-bond donors (Lipinski definition) is 2. The first-order chi connectivity index (χ1) is 12.0. The van der Waals surface area contributed by atoms with E-state index in [0.29, 0.717) is 23.3 Å². The molecule has 2 aliphatic rings. The molecule has 0 radical (unpaired) electrons. The third kappa shape index (κ3) is 4.91. The first-order valence-electron chi connectivity index (χ1n) is 9.28. The summed E-state index contributed by atoms with van der Waals surface area (Å²) in [6.07, 6.45) is 8.37. The Labute approximate surface area is 153 Å². The summed E-state index contributed by atoms with van der Waals surface area (Å²) in [6.45, 7) is 3.86. The standard InChI is InChI=1S/C19H27ClFN3O/c1-19(7-9-22-17(25)11-19)24-8-6-13-2-4-14(5-3-13)18-16(20)10-15(21)12-23-18/h10,12-14,24H,2-9,11H2,1H3,(H,22,25). The monoisotopic (exact) mass is 367 g/mol. The Morgan fingerprint density at radius 3 is 2.84 bits per heavy atom. The smallest absolute Gasteiger partial charge is 0.221 e. The van der Waals surface area contributed by atoms with E-state index in [1.54, 1.807) is 0 Å². The summed E-state index contributed by atoms with van der Waals surface area (Å²) in [4.78, 5) is 15.8. The lowest BCUT2D eigenvalue weighted by Crippen LogP contribution is -2.52. The van der Waals surface area contributed by atoms with Crippen molar-refractivity contribution in [3.8, 4) is 0 Å². The maximum atomic E-state index is 13.1. The molecule has 25 heavy (non-hydrogen) atoms. The molecule has 1 aromatic rings. The molecule has 1 atom stereocenters. The molecule has 0 spiro atoms. The van der Waals surface area contributed by atoms with Gasteiger partial charge >= 0.3 is 0 Å². The number of amides is 1. The van der Waals surface area contributed by atoms with Crippen LogP contribution in [0.3, 0.4) is 0 Å². The summed E-state index contributed by atoms with van der Waals surface area (Å²) in [6, 6.07) is 1.36. The van der Waals surface area contributed by atoms with E-state index in [1.807, 2.05) is 0 Å². The lowest BCUT2D eigenvalue weighted by Gasteiger charge is -2.35. The predicted molar refractivity (Wildman–Crippen MR) is 97.2 cm³/mol. The van der Waals surface area contributed by atoms with E-state index in [1.165, 1.54) is 12.3 Å². The third-order valence-electron chi connectivity index (χ3n) is 5.72. The van der Waals surface area contributed by atoms with Crippen LogP contribution in [0.2, 0.25) is 5.02 Å². The normalized spacial score (nSPS) is 30.1. The van der Waals surface area contributed by atoms with Crippen LogP contribution in [0, 0.1) is 11.7 Å². The summed E-state index contributed by atoms with van der Waals surface area (Å²) in [7, 11) is 0. The van der Waals surface area contributed by atoms with Crippen molar-refractivity contribution < 1.29 is 9.18 Å². The highest BCUT2D eigenvalue weighted by Gasteiger charge is 2.31. The van der Waals surface area contributed by atoms with Gasteiger partial charge in [-0.15, -0.1) is 0 Å². The number of carbonyl (C=O) groups excluding carboxylic acids is 1. The molecule has 1 saturated heterocycles. The SMILES string of the molecule is CC1(NCCC2CCC(c3ncc(F)cc3Cl)CC2)CCNC(=O)C1. The first-order valence-corrected chi connectivity index (χ1v) is 9.66. The van der Waals surface area contributed by atoms with Gasteiger partial charge in [0.15, 0.2) is 0 Å². The van der Waals surface area contributed by atoms with Gasteiger partial charge in [0.05, 0.1) is 16.9 Å². The Balaban J connectivity index is 1.43. The van der Waals surface area contributed by atoms with Crippen LogP contribution in [0.1, 0.15) is 63.5 Å². The number of nitrogens with one attached hydrogen (secondary N) is 2. The van der Waals surface area contributed by atoms with E-state index in [0.717, 1.165) is 57.3 Å². The van der Waals surface area contributed by atoms with Crippen LogP contribution < -0.4 is 10.6 Å². The van der Waals surface area contributed by atoms with Crippen LogP contribution in [0.15, 0.2) is 12.3 Å². The van der Waals surface area contributed by atoms with Gasteiger partial charge in [-0.3, -0.25) is 9.78 Å². The molecule has 3 rings (SSSR count). The molecule has 0 aromatic carbocycles. The quantitative estimate of drug-likeness (QED) is 0.832. The van der Waals surface area contributed by atoms with Gasteiger partial charge in [-0.1, -0.05) is 11.6 Å². The van der Waals surface area contributed by atoms with Crippen molar-refractivity contribution in [2.24, 2.45) is 5.92 Å². The topological polar surface area (TPSA) is 54.0 Å². The molecular formula is C19H27ClFN3O. The number of rotatable bonds is 5. The Kier molecular flexibility index (Phi) is 5.95. The molecule has 1 amide bonds. The van der Waals surface area contributed by atoms with Crippen LogP contribution >= 0.6 is 11.6 Å². The fraction of sp³-hybridized carbons (Fsp3) is 0.684. The van der Waals surface area contributed by atoms with Crippen LogP contribution in [0.4, 0.5) is 4.39 Å². The van der Waals surface area contributed by atoms with Gasteiger partial charge in [-0.05, 0) is 64.0 Å². The van der Waals surface area contributed by atoms with Crippen LogP contribution in [-0.4, -0.2) is 29.5 Å². The minimum atomic E-state index is -0.376. The second-order valence-electron chi connectivity index (χ2n) is 7.79. The molecule has 1 unspecified atom stereocenters. The number of hydrogen-bond acceptors (Lipinski definition) is 3. The average molecular weight is 368 g/mol. The lowest BCUT2D eigenvalue weighted by atomic mass is 9.79. The first kappa shape index (κ1) is 18.6. The minimum Gasteiger partial charge on any atom is -0.356 e. The van der Waals surface area contributed by atoms with Crippen LogP contribution in [-0.2, 0) is 4.79 Å². The fourth-order valence-electron chi connectivity index (χ4n) is 4.16. The molecule has 1 aliphatic heterocycles. The second kappa shape index (κ2) is 8.00. The minimum absolute atomic E-state index is 0.0644. The lowest BCUT2D eigenvalue weighted by molar-refractivity contribution is -0.124. The van der Waals surface area contributed by atoms with E-state index in [9.17, 15) is 9.18 Å². The van der Waals surface area contributed by atoms with Crippen molar-refractivity contribution in [2.45, 2.75) is 63.3 Å². The van der Waals surface area contributed by atoms with Crippen LogP contribution in [0.25, 0.3) is 0 Å². The summed E-state index contributed by atoms with van der Waals surface area (Å²) >= 11 is 6.15. The molecule has 2 heterocycles. The molecule has 4 nitrogen and oxygen atoms in total. The highest BCUT2D eigenvalue weighted by atomic mass is 35.5. The van der Waals surface area contributed by atoms with Gasteiger partial charge < -0.3 is 10.6 Å². The van der Waals surface area contributed by atoms with Crippen molar-refractivity contribution in [1.29, 1.82) is 0 Å².